The molecule has 1 aliphatic rings. The first-order valence-corrected chi connectivity index (χ1v) is 7.16. The average Bonchev–Trinajstić information content (AvgIpc) is 2.79. The molecule has 0 spiro atoms. The van der Waals surface area contributed by atoms with E-state index in [1.165, 1.54) is 5.56 Å². The Labute approximate surface area is 116 Å². The zero-order valence-corrected chi connectivity index (χ0v) is 12.2. The van der Waals surface area contributed by atoms with Gasteiger partial charge in [0.1, 0.15) is 5.75 Å². The second-order valence-electron chi connectivity index (χ2n) is 5.39. The third kappa shape index (κ3) is 3.10. The molecule has 0 bridgehead atoms. The summed E-state index contributed by atoms with van der Waals surface area (Å²) >= 11 is 0. The molecule has 0 aromatic heterocycles. The van der Waals surface area contributed by atoms with Crippen molar-refractivity contribution in [1.29, 1.82) is 0 Å². The fourth-order valence-corrected chi connectivity index (χ4v) is 2.95. The van der Waals surface area contributed by atoms with Crippen LogP contribution in [0.25, 0.3) is 0 Å². The number of nitrogens with one attached hydrogen (secondary N) is 1. The summed E-state index contributed by atoms with van der Waals surface area (Å²) < 4.78 is 11.3. The Morgan fingerprint density at radius 2 is 2.21 bits per heavy atom. The van der Waals surface area contributed by atoms with Crippen molar-refractivity contribution in [3.63, 3.8) is 0 Å². The van der Waals surface area contributed by atoms with Crippen molar-refractivity contribution >= 4 is 0 Å². The molecule has 2 unspecified atom stereocenters. The SMILES string of the molecule is CCNCC1(Cc2ccccc2OC)CCOC1C. The molecular formula is C16H25NO2. The van der Waals surface area contributed by atoms with Crippen LogP contribution in [0.4, 0.5) is 0 Å². The molecule has 3 heteroatoms. The summed E-state index contributed by atoms with van der Waals surface area (Å²) in [5, 5.41) is 3.50. The lowest BCUT2D eigenvalue weighted by molar-refractivity contribution is 0.0630. The number of hydrogen-bond donors (Lipinski definition) is 1. The van der Waals surface area contributed by atoms with Crippen molar-refractivity contribution in [3.8, 4) is 5.75 Å². The van der Waals surface area contributed by atoms with Crippen molar-refractivity contribution in [3.05, 3.63) is 29.8 Å². The monoisotopic (exact) mass is 263 g/mol. The maximum atomic E-state index is 5.83. The first kappa shape index (κ1) is 14.4. The summed E-state index contributed by atoms with van der Waals surface area (Å²) in [6.45, 7) is 7.21. The summed E-state index contributed by atoms with van der Waals surface area (Å²) in [6, 6.07) is 8.31. The molecule has 0 amide bonds. The third-order valence-electron chi connectivity index (χ3n) is 4.29. The zero-order chi connectivity index (χ0) is 13.7. The second kappa shape index (κ2) is 6.40. The molecule has 3 nitrogen and oxygen atoms in total. The standard InChI is InChI=1S/C16H25NO2/c1-4-17-12-16(9-10-19-13(16)2)11-14-7-5-6-8-15(14)18-3/h5-8,13,17H,4,9-12H2,1-3H3. The van der Waals surface area contributed by atoms with Gasteiger partial charge < -0.3 is 14.8 Å². The van der Waals surface area contributed by atoms with E-state index in [4.69, 9.17) is 9.47 Å². The van der Waals surface area contributed by atoms with Gasteiger partial charge in [-0.25, -0.2) is 0 Å². The molecule has 2 rings (SSSR count). The summed E-state index contributed by atoms with van der Waals surface area (Å²) in [7, 11) is 1.74. The maximum Gasteiger partial charge on any atom is 0.122 e. The molecule has 1 saturated heterocycles. The highest BCUT2D eigenvalue weighted by atomic mass is 16.5. The summed E-state index contributed by atoms with van der Waals surface area (Å²) in [5.41, 5.74) is 1.46. The Kier molecular flexibility index (Phi) is 4.83. The van der Waals surface area contributed by atoms with E-state index in [1.807, 2.05) is 12.1 Å². The largest absolute Gasteiger partial charge is 0.496 e. The lowest BCUT2D eigenvalue weighted by Crippen LogP contribution is -2.41. The average molecular weight is 263 g/mol. The predicted octanol–water partition coefficient (Wildman–Crippen LogP) is 2.64. The van der Waals surface area contributed by atoms with Gasteiger partial charge in [-0.2, -0.15) is 0 Å². The molecular weight excluding hydrogens is 238 g/mol. The quantitative estimate of drug-likeness (QED) is 0.856. The second-order valence-corrected chi connectivity index (χ2v) is 5.39. The number of ether oxygens (including phenoxy) is 2. The van der Waals surface area contributed by atoms with Crippen molar-refractivity contribution in [2.75, 3.05) is 26.8 Å². The first-order chi connectivity index (χ1) is 9.22. The van der Waals surface area contributed by atoms with E-state index in [0.717, 1.165) is 38.3 Å². The number of benzene rings is 1. The van der Waals surface area contributed by atoms with Gasteiger partial charge in [-0.1, -0.05) is 25.1 Å². The Morgan fingerprint density at radius 3 is 2.84 bits per heavy atom. The van der Waals surface area contributed by atoms with Gasteiger partial charge in [-0.3, -0.25) is 0 Å². The Balaban J connectivity index is 2.20. The molecule has 0 saturated carbocycles. The molecule has 2 atom stereocenters. The molecule has 0 radical (unpaired) electrons. The number of para-hydroxylation sites is 1. The minimum Gasteiger partial charge on any atom is -0.496 e. The van der Waals surface area contributed by atoms with Gasteiger partial charge in [-0.15, -0.1) is 0 Å². The van der Waals surface area contributed by atoms with Gasteiger partial charge >= 0.3 is 0 Å². The van der Waals surface area contributed by atoms with E-state index in [2.05, 4.69) is 31.3 Å². The van der Waals surface area contributed by atoms with Gasteiger partial charge in [-0.05, 0) is 37.9 Å². The van der Waals surface area contributed by atoms with Crippen LogP contribution >= 0.6 is 0 Å². The molecule has 1 fully saturated rings. The number of methoxy groups -OCH3 is 1. The fraction of sp³-hybridized carbons (Fsp3) is 0.625. The highest BCUT2D eigenvalue weighted by Crippen LogP contribution is 2.39. The van der Waals surface area contributed by atoms with Crippen LogP contribution in [0.3, 0.4) is 0 Å². The van der Waals surface area contributed by atoms with Crippen LogP contribution in [-0.2, 0) is 11.2 Å². The smallest absolute Gasteiger partial charge is 0.122 e. The molecule has 106 valence electrons. The molecule has 1 aromatic rings. The topological polar surface area (TPSA) is 30.5 Å². The number of hydrogen-bond acceptors (Lipinski definition) is 3. The van der Waals surface area contributed by atoms with E-state index in [9.17, 15) is 0 Å². The molecule has 1 heterocycles. The molecule has 1 aromatic carbocycles. The van der Waals surface area contributed by atoms with Crippen LogP contribution in [0, 0.1) is 5.41 Å². The van der Waals surface area contributed by atoms with Crippen molar-refractivity contribution < 1.29 is 9.47 Å². The van der Waals surface area contributed by atoms with Gasteiger partial charge in [0.15, 0.2) is 0 Å². The molecule has 1 aliphatic heterocycles. The lowest BCUT2D eigenvalue weighted by Gasteiger charge is -2.33. The Bertz CT molecular complexity index is 407. The van der Waals surface area contributed by atoms with E-state index in [-0.39, 0.29) is 11.5 Å². The van der Waals surface area contributed by atoms with Crippen molar-refractivity contribution in [2.24, 2.45) is 5.41 Å². The van der Waals surface area contributed by atoms with Crippen LogP contribution in [0.1, 0.15) is 25.8 Å². The van der Waals surface area contributed by atoms with Gasteiger partial charge in [0.25, 0.3) is 0 Å². The zero-order valence-electron chi connectivity index (χ0n) is 12.2. The third-order valence-corrected chi connectivity index (χ3v) is 4.29. The lowest BCUT2D eigenvalue weighted by atomic mass is 9.76. The van der Waals surface area contributed by atoms with Crippen molar-refractivity contribution in [2.45, 2.75) is 32.8 Å². The summed E-state index contributed by atoms with van der Waals surface area (Å²) in [6.07, 6.45) is 2.40. The van der Waals surface area contributed by atoms with Crippen LogP contribution < -0.4 is 10.1 Å². The van der Waals surface area contributed by atoms with E-state index >= 15 is 0 Å². The Morgan fingerprint density at radius 1 is 1.42 bits per heavy atom. The van der Waals surface area contributed by atoms with Crippen LogP contribution in [0.15, 0.2) is 24.3 Å². The van der Waals surface area contributed by atoms with Crippen LogP contribution in [-0.4, -0.2) is 32.9 Å². The van der Waals surface area contributed by atoms with E-state index in [0.29, 0.717) is 0 Å². The highest BCUT2D eigenvalue weighted by molar-refractivity contribution is 5.34. The van der Waals surface area contributed by atoms with Crippen molar-refractivity contribution in [1.82, 2.24) is 5.32 Å². The Hall–Kier alpha value is -1.06. The van der Waals surface area contributed by atoms with Gasteiger partial charge in [0.05, 0.1) is 13.2 Å². The minimum atomic E-state index is 0.185. The molecule has 0 aliphatic carbocycles. The van der Waals surface area contributed by atoms with Gasteiger partial charge in [0, 0.05) is 18.6 Å². The molecule has 19 heavy (non-hydrogen) atoms. The van der Waals surface area contributed by atoms with Crippen LogP contribution in [0.5, 0.6) is 5.75 Å². The van der Waals surface area contributed by atoms with Gasteiger partial charge in [0.2, 0.25) is 0 Å². The fourth-order valence-electron chi connectivity index (χ4n) is 2.95. The maximum absolute atomic E-state index is 5.83. The summed E-state index contributed by atoms with van der Waals surface area (Å²) in [5.74, 6) is 0.984. The summed E-state index contributed by atoms with van der Waals surface area (Å²) in [4.78, 5) is 0. The number of rotatable bonds is 6. The first-order valence-electron chi connectivity index (χ1n) is 7.16. The van der Waals surface area contributed by atoms with Crippen LogP contribution in [0.2, 0.25) is 0 Å². The minimum absolute atomic E-state index is 0.185. The highest BCUT2D eigenvalue weighted by Gasteiger charge is 2.41. The predicted molar refractivity (Wildman–Crippen MR) is 77.7 cm³/mol. The normalized spacial score (nSPS) is 26.6. The van der Waals surface area contributed by atoms with E-state index in [1.54, 1.807) is 7.11 Å². The molecule has 1 N–H and O–H groups in total. The van der Waals surface area contributed by atoms with E-state index < -0.39 is 0 Å².